The minimum atomic E-state index is -0.709. The molecule has 30 heavy (non-hydrogen) atoms. The van der Waals surface area contributed by atoms with Gasteiger partial charge in [-0.1, -0.05) is 24.3 Å². The second-order valence-corrected chi connectivity index (χ2v) is 6.80. The van der Waals surface area contributed by atoms with Crippen LogP contribution in [0.5, 0.6) is 0 Å². The molecule has 2 aliphatic rings. The highest BCUT2D eigenvalue weighted by Crippen LogP contribution is 2.20. The number of carbonyl (C=O) groups excluding carboxylic acids is 6. The first-order valence-corrected chi connectivity index (χ1v) is 8.78. The SMILES string of the molecule is CN1C(=O)C(=Cc2ccc(C=C3C(=O)N(C)C(=O)N(C)C3=O)cc2)C(=O)N(C)C1=O. The van der Waals surface area contributed by atoms with Crippen molar-refractivity contribution >= 4 is 47.8 Å². The summed E-state index contributed by atoms with van der Waals surface area (Å²) in [5.41, 5.74) is 0.696. The van der Waals surface area contributed by atoms with E-state index in [0.29, 0.717) is 11.1 Å². The average Bonchev–Trinajstić information content (AvgIpc) is 2.75. The van der Waals surface area contributed by atoms with Gasteiger partial charge in [-0.25, -0.2) is 9.59 Å². The van der Waals surface area contributed by atoms with Crippen molar-refractivity contribution in [3.8, 4) is 0 Å². The number of likely N-dealkylation sites (N-methyl/N-ethyl adjacent to an activating group) is 4. The summed E-state index contributed by atoms with van der Waals surface area (Å²) >= 11 is 0. The third-order valence-corrected chi connectivity index (χ3v) is 4.85. The highest BCUT2D eigenvalue weighted by atomic mass is 16.2. The van der Waals surface area contributed by atoms with Crippen molar-refractivity contribution in [2.45, 2.75) is 0 Å². The van der Waals surface area contributed by atoms with E-state index < -0.39 is 35.7 Å². The molecule has 2 saturated heterocycles. The Morgan fingerprint density at radius 2 is 0.733 bits per heavy atom. The van der Waals surface area contributed by atoms with Gasteiger partial charge in [-0.05, 0) is 23.3 Å². The van der Waals surface area contributed by atoms with Gasteiger partial charge in [0.05, 0.1) is 0 Å². The van der Waals surface area contributed by atoms with E-state index in [1.165, 1.54) is 40.3 Å². The molecule has 2 heterocycles. The zero-order valence-electron chi connectivity index (χ0n) is 16.7. The maximum atomic E-state index is 12.3. The molecule has 10 nitrogen and oxygen atoms in total. The minimum Gasteiger partial charge on any atom is -0.268 e. The van der Waals surface area contributed by atoms with Crippen molar-refractivity contribution in [2.24, 2.45) is 0 Å². The Labute approximate surface area is 171 Å². The molecular weight excluding hydrogens is 392 g/mol. The third-order valence-electron chi connectivity index (χ3n) is 4.85. The summed E-state index contributed by atoms with van der Waals surface area (Å²) in [5.74, 6) is -2.82. The molecule has 0 aromatic heterocycles. The first-order chi connectivity index (χ1) is 14.0. The molecule has 2 fully saturated rings. The Morgan fingerprint density at radius 3 is 0.967 bits per heavy atom. The van der Waals surface area contributed by atoms with Crippen molar-refractivity contribution in [2.75, 3.05) is 28.2 Å². The molecule has 154 valence electrons. The number of rotatable bonds is 2. The number of carbonyl (C=O) groups is 6. The summed E-state index contributed by atoms with van der Waals surface area (Å²) in [6, 6.07) is 4.94. The van der Waals surface area contributed by atoms with Crippen LogP contribution in [0.3, 0.4) is 0 Å². The molecule has 3 rings (SSSR count). The lowest BCUT2D eigenvalue weighted by Crippen LogP contribution is -2.52. The second-order valence-electron chi connectivity index (χ2n) is 6.80. The van der Waals surface area contributed by atoms with Gasteiger partial charge in [-0.2, -0.15) is 0 Å². The zero-order chi connectivity index (χ0) is 22.3. The lowest BCUT2D eigenvalue weighted by Gasteiger charge is -2.29. The number of urea groups is 2. The summed E-state index contributed by atoms with van der Waals surface area (Å²) in [6.45, 7) is 0. The van der Waals surface area contributed by atoms with Gasteiger partial charge in [0.2, 0.25) is 0 Å². The molecule has 10 heteroatoms. The molecule has 8 amide bonds. The number of hydrogen-bond donors (Lipinski definition) is 0. The van der Waals surface area contributed by atoms with E-state index in [1.807, 2.05) is 0 Å². The normalized spacial score (nSPS) is 18.0. The van der Waals surface area contributed by atoms with Gasteiger partial charge >= 0.3 is 12.1 Å². The van der Waals surface area contributed by atoms with Crippen molar-refractivity contribution in [3.63, 3.8) is 0 Å². The van der Waals surface area contributed by atoms with E-state index in [9.17, 15) is 28.8 Å². The van der Waals surface area contributed by atoms with E-state index >= 15 is 0 Å². The fraction of sp³-hybridized carbons (Fsp3) is 0.200. The lowest BCUT2D eigenvalue weighted by atomic mass is 10.0. The predicted molar refractivity (Wildman–Crippen MR) is 104 cm³/mol. The standard InChI is InChI=1S/C20H18N4O6/c1-21-15(25)13(16(26)22(2)19(21)29)9-11-5-7-12(8-6-11)10-14-17(27)23(3)20(30)24(4)18(14)28/h5-10H,1-4H3. The van der Waals surface area contributed by atoms with Crippen LogP contribution in [0, 0.1) is 0 Å². The van der Waals surface area contributed by atoms with Gasteiger partial charge < -0.3 is 0 Å². The zero-order valence-corrected chi connectivity index (χ0v) is 16.7. The van der Waals surface area contributed by atoms with Crippen LogP contribution in [0.2, 0.25) is 0 Å². The van der Waals surface area contributed by atoms with E-state index in [1.54, 1.807) is 24.3 Å². The maximum absolute atomic E-state index is 12.3. The highest BCUT2D eigenvalue weighted by Gasteiger charge is 2.38. The third kappa shape index (κ3) is 3.28. The fourth-order valence-corrected chi connectivity index (χ4v) is 2.97. The summed E-state index contributed by atoms with van der Waals surface area (Å²) in [5, 5.41) is 0. The molecule has 0 saturated carbocycles. The highest BCUT2D eigenvalue weighted by molar-refractivity contribution is 6.31. The monoisotopic (exact) mass is 410 g/mol. The van der Waals surface area contributed by atoms with E-state index in [2.05, 4.69) is 0 Å². The predicted octanol–water partition coefficient (Wildman–Crippen LogP) is 0.554. The molecule has 0 aliphatic carbocycles. The first-order valence-electron chi connectivity index (χ1n) is 8.78. The van der Waals surface area contributed by atoms with Crippen LogP contribution in [0.25, 0.3) is 12.2 Å². The van der Waals surface area contributed by atoms with Crippen LogP contribution in [-0.2, 0) is 19.2 Å². The molecule has 0 spiro atoms. The maximum Gasteiger partial charge on any atom is 0.333 e. The number of barbiturate groups is 2. The van der Waals surface area contributed by atoms with Gasteiger partial charge in [0, 0.05) is 28.2 Å². The van der Waals surface area contributed by atoms with E-state index in [0.717, 1.165) is 19.6 Å². The average molecular weight is 410 g/mol. The Balaban J connectivity index is 1.90. The van der Waals surface area contributed by atoms with E-state index in [-0.39, 0.29) is 11.1 Å². The summed E-state index contributed by atoms with van der Waals surface area (Å²) in [6.07, 6.45) is 2.72. The molecule has 0 unspecified atom stereocenters. The van der Waals surface area contributed by atoms with Gasteiger partial charge in [0.15, 0.2) is 0 Å². The van der Waals surface area contributed by atoms with Crippen LogP contribution >= 0.6 is 0 Å². The van der Waals surface area contributed by atoms with Gasteiger partial charge in [0.25, 0.3) is 23.6 Å². The molecule has 0 N–H and O–H groups in total. The second kappa shape index (κ2) is 7.39. The minimum absolute atomic E-state index is 0.162. The van der Waals surface area contributed by atoms with Gasteiger partial charge in [-0.15, -0.1) is 0 Å². The largest absolute Gasteiger partial charge is 0.333 e. The van der Waals surface area contributed by atoms with E-state index in [4.69, 9.17) is 0 Å². The molecule has 2 aliphatic heterocycles. The first kappa shape index (κ1) is 20.6. The van der Waals surface area contributed by atoms with Crippen molar-refractivity contribution in [1.29, 1.82) is 0 Å². The molecule has 1 aromatic carbocycles. The Morgan fingerprint density at radius 1 is 0.500 bits per heavy atom. The molecule has 0 radical (unpaired) electrons. The lowest BCUT2D eigenvalue weighted by molar-refractivity contribution is -0.135. The van der Waals surface area contributed by atoms with Crippen LogP contribution < -0.4 is 0 Å². The summed E-state index contributed by atoms with van der Waals surface area (Å²) < 4.78 is 0. The van der Waals surface area contributed by atoms with Crippen LogP contribution in [0.15, 0.2) is 35.4 Å². The number of imide groups is 4. The topological polar surface area (TPSA) is 115 Å². The molecule has 0 atom stereocenters. The summed E-state index contributed by atoms with van der Waals surface area (Å²) in [7, 11) is 5.14. The quantitative estimate of drug-likeness (QED) is 0.520. The Hall–Kier alpha value is -4.08. The molecule has 0 bridgehead atoms. The Bertz CT molecular complexity index is 932. The number of nitrogens with zero attached hydrogens (tertiary/aromatic N) is 4. The van der Waals surface area contributed by atoms with Crippen molar-refractivity contribution < 1.29 is 28.8 Å². The molecular formula is C20H18N4O6. The summed E-state index contributed by atoms with van der Waals surface area (Å²) in [4.78, 5) is 76.0. The van der Waals surface area contributed by atoms with Gasteiger partial charge in [0.1, 0.15) is 11.1 Å². The number of benzene rings is 1. The van der Waals surface area contributed by atoms with Crippen molar-refractivity contribution in [3.05, 3.63) is 46.5 Å². The number of amides is 8. The van der Waals surface area contributed by atoms with Crippen molar-refractivity contribution in [1.82, 2.24) is 19.6 Å². The van der Waals surface area contributed by atoms with Crippen LogP contribution in [0.4, 0.5) is 9.59 Å². The van der Waals surface area contributed by atoms with Gasteiger partial charge in [-0.3, -0.25) is 38.8 Å². The fourth-order valence-electron chi connectivity index (χ4n) is 2.97. The smallest absolute Gasteiger partial charge is 0.268 e. The van der Waals surface area contributed by atoms with Crippen LogP contribution in [0.1, 0.15) is 11.1 Å². The Kier molecular flexibility index (Phi) is 5.09. The van der Waals surface area contributed by atoms with Crippen LogP contribution in [-0.4, -0.2) is 83.5 Å². The number of hydrogen-bond acceptors (Lipinski definition) is 6. The molecule has 1 aromatic rings.